The van der Waals surface area contributed by atoms with E-state index >= 15 is 0 Å². The summed E-state index contributed by atoms with van der Waals surface area (Å²) in [5.41, 5.74) is 3.67. The number of ether oxygens (including phenoxy) is 2. The first-order chi connectivity index (χ1) is 11.0. The average molecular weight is 315 g/mol. The third-order valence-electron chi connectivity index (χ3n) is 4.68. The molecule has 0 radical (unpaired) electrons. The monoisotopic (exact) mass is 315 g/mol. The van der Waals surface area contributed by atoms with Gasteiger partial charge in [-0.2, -0.15) is 5.26 Å². The number of nitrogens with one attached hydrogen (secondary N) is 1. The second-order valence-corrected chi connectivity index (χ2v) is 6.95. The van der Waals surface area contributed by atoms with Crippen LogP contribution in [0.15, 0.2) is 0 Å². The van der Waals surface area contributed by atoms with E-state index in [9.17, 15) is 5.26 Å². The minimum absolute atomic E-state index is 0.226. The summed E-state index contributed by atoms with van der Waals surface area (Å²) in [5.74, 6) is 0.705. The van der Waals surface area contributed by atoms with Crippen LogP contribution in [0.4, 0.5) is 5.82 Å². The number of aryl methyl sites for hydroxylation is 1. The minimum Gasteiger partial charge on any atom is -0.376 e. The Morgan fingerprint density at radius 2 is 2.22 bits per heavy atom. The SMILES string of the molecule is CCc1nc(NC[C@@H]2CCCO2)c(C#N)c2c1COC(C)(C)C2. The average Bonchev–Trinajstić information content (AvgIpc) is 3.04. The Morgan fingerprint density at radius 1 is 1.39 bits per heavy atom. The number of aromatic nitrogens is 1. The van der Waals surface area contributed by atoms with E-state index < -0.39 is 0 Å². The number of rotatable bonds is 4. The molecule has 23 heavy (non-hydrogen) atoms. The lowest BCUT2D eigenvalue weighted by atomic mass is 9.87. The van der Waals surface area contributed by atoms with Gasteiger partial charge in [-0.3, -0.25) is 0 Å². The Morgan fingerprint density at radius 3 is 2.87 bits per heavy atom. The van der Waals surface area contributed by atoms with Gasteiger partial charge in [0, 0.05) is 30.8 Å². The number of nitriles is 1. The van der Waals surface area contributed by atoms with Crippen molar-refractivity contribution in [2.75, 3.05) is 18.5 Å². The zero-order valence-corrected chi connectivity index (χ0v) is 14.2. The van der Waals surface area contributed by atoms with Crippen molar-refractivity contribution < 1.29 is 9.47 Å². The molecule has 0 aromatic carbocycles. The van der Waals surface area contributed by atoms with E-state index in [4.69, 9.17) is 14.5 Å². The Balaban J connectivity index is 1.94. The molecule has 1 aromatic heterocycles. The summed E-state index contributed by atoms with van der Waals surface area (Å²) < 4.78 is 11.6. The fourth-order valence-corrected chi connectivity index (χ4v) is 3.39. The lowest BCUT2D eigenvalue weighted by Crippen LogP contribution is -2.33. The van der Waals surface area contributed by atoms with Crippen molar-refractivity contribution in [2.24, 2.45) is 0 Å². The van der Waals surface area contributed by atoms with Crippen molar-refractivity contribution in [1.29, 1.82) is 5.26 Å². The first kappa shape index (κ1) is 16.2. The van der Waals surface area contributed by atoms with Gasteiger partial charge in [0.25, 0.3) is 0 Å². The van der Waals surface area contributed by atoms with Crippen LogP contribution in [0.1, 0.15) is 56.0 Å². The van der Waals surface area contributed by atoms with Crippen molar-refractivity contribution in [3.05, 3.63) is 22.4 Å². The van der Waals surface area contributed by atoms with Crippen LogP contribution in [0.5, 0.6) is 0 Å². The minimum atomic E-state index is -0.239. The number of hydrogen-bond donors (Lipinski definition) is 1. The Hall–Kier alpha value is -1.64. The number of anilines is 1. The van der Waals surface area contributed by atoms with E-state index in [1.165, 1.54) is 0 Å². The van der Waals surface area contributed by atoms with E-state index in [0.717, 1.165) is 49.1 Å². The van der Waals surface area contributed by atoms with Gasteiger partial charge >= 0.3 is 0 Å². The molecule has 0 amide bonds. The third kappa shape index (κ3) is 3.34. The fraction of sp³-hybridized carbons (Fsp3) is 0.667. The van der Waals surface area contributed by atoms with E-state index in [-0.39, 0.29) is 11.7 Å². The van der Waals surface area contributed by atoms with Crippen LogP contribution >= 0.6 is 0 Å². The molecule has 0 saturated carbocycles. The summed E-state index contributed by atoms with van der Waals surface area (Å²) in [4.78, 5) is 4.71. The molecule has 1 aromatic rings. The van der Waals surface area contributed by atoms with Crippen molar-refractivity contribution in [3.63, 3.8) is 0 Å². The Labute approximate surface area is 138 Å². The Bertz CT molecular complexity index is 628. The van der Waals surface area contributed by atoms with Gasteiger partial charge in [0.2, 0.25) is 0 Å². The van der Waals surface area contributed by atoms with Crippen LogP contribution in [0.2, 0.25) is 0 Å². The summed E-state index contributed by atoms with van der Waals surface area (Å²) in [6.45, 7) is 8.33. The molecule has 0 aliphatic carbocycles. The molecule has 0 unspecified atom stereocenters. The largest absolute Gasteiger partial charge is 0.376 e. The molecule has 3 heterocycles. The van der Waals surface area contributed by atoms with Gasteiger partial charge in [0.15, 0.2) is 0 Å². The van der Waals surface area contributed by atoms with Gasteiger partial charge in [-0.1, -0.05) is 6.92 Å². The second-order valence-electron chi connectivity index (χ2n) is 6.95. The predicted octanol–water partition coefficient (Wildman–Crippen LogP) is 2.96. The first-order valence-corrected chi connectivity index (χ1v) is 8.48. The van der Waals surface area contributed by atoms with Gasteiger partial charge in [-0.15, -0.1) is 0 Å². The van der Waals surface area contributed by atoms with Gasteiger partial charge in [-0.05, 0) is 38.7 Å². The van der Waals surface area contributed by atoms with Crippen molar-refractivity contribution in [1.82, 2.24) is 4.98 Å². The van der Waals surface area contributed by atoms with Gasteiger partial charge in [0.1, 0.15) is 11.9 Å². The van der Waals surface area contributed by atoms with E-state index in [2.05, 4.69) is 32.2 Å². The molecular formula is C18H25N3O2. The molecule has 1 fully saturated rings. The van der Waals surface area contributed by atoms with Crippen LogP contribution in [0.3, 0.4) is 0 Å². The molecule has 5 heteroatoms. The Kier molecular flexibility index (Phi) is 4.56. The molecule has 1 saturated heterocycles. The van der Waals surface area contributed by atoms with Gasteiger partial charge < -0.3 is 14.8 Å². The first-order valence-electron chi connectivity index (χ1n) is 8.48. The second kappa shape index (κ2) is 6.46. The van der Waals surface area contributed by atoms with Crippen LogP contribution in [-0.2, 0) is 28.9 Å². The molecule has 3 rings (SSSR count). The van der Waals surface area contributed by atoms with E-state index in [1.807, 2.05) is 0 Å². The lowest BCUT2D eigenvalue weighted by molar-refractivity contribution is -0.0406. The van der Waals surface area contributed by atoms with Crippen LogP contribution in [0.25, 0.3) is 0 Å². The van der Waals surface area contributed by atoms with Gasteiger partial charge in [-0.25, -0.2) is 4.98 Å². The van der Waals surface area contributed by atoms with Crippen molar-refractivity contribution in [3.8, 4) is 6.07 Å². The summed E-state index contributed by atoms with van der Waals surface area (Å²) in [7, 11) is 0. The van der Waals surface area contributed by atoms with Gasteiger partial charge in [0.05, 0.1) is 23.9 Å². The number of nitrogens with zero attached hydrogens (tertiary/aromatic N) is 2. The molecule has 0 bridgehead atoms. The van der Waals surface area contributed by atoms with E-state index in [1.54, 1.807) is 0 Å². The molecule has 1 atom stereocenters. The maximum Gasteiger partial charge on any atom is 0.144 e. The number of pyridine rings is 1. The maximum absolute atomic E-state index is 9.70. The highest BCUT2D eigenvalue weighted by molar-refractivity contribution is 5.60. The van der Waals surface area contributed by atoms with Crippen LogP contribution < -0.4 is 5.32 Å². The van der Waals surface area contributed by atoms with Crippen LogP contribution in [-0.4, -0.2) is 29.8 Å². The zero-order valence-electron chi connectivity index (χ0n) is 14.2. The summed E-state index contributed by atoms with van der Waals surface area (Å²) in [6, 6.07) is 2.37. The highest BCUT2D eigenvalue weighted by Crippen LogP contribution is 2.34. The quantitative estimate of drug-likeness (QED) is 0.925. The molecule has 2 aliphatic heterocycles. The topological polar surface area (TPSA) is 67.2 Å². The molecular weight excluding hydrogens is 290 g/mol. The molecule has 1 N–H and O–H groups in total. The molecule has 2 aliphatic rings. The number of fused-ring (bicyclic) bond motifs is 1. The summed E-state index contributed by atoms with van der Waals surface area (Å²) in [6.07, 6.45) is 3.99. The maximum atomic E-state index is 9.70. The summed E-state index contributed by atoms with van der Waals surface area (Å²) >= 11 is 0. The van der Waals surface area contributed by atoms with Crippen molar-refractivity contribution >= 4 is 5.82 Å². The standard InChI is InChI=1S/C18H25N3O2/c1-4-16-15-11-23-18(2,3)8-13(15)14(9-19)17(21-16)20-10-12-6-5-7-22-12/h12H,4-8,10-11H2,1-3H3,(H,20,21)/t12-/m0/s1. The highest BCUT2D eigenvalue weighted by Gasteiger charge is 2.31. The molecule has 124 valence electrons. The molecule has 0 spiro atoms. The number of hydrogen-bond acceptors (Lipinski definition) is 5. The van der Waals surface area contributed by atoms with E-state index in [0.29, 0.717) is 24.5 Å². The van der Waals surface area contributed by atoms with Crippen molar-refractivity contribution in [2.45, 2.75) is 64.8 Å². The molecule has 5 nitrogen and oxygen atoms in total. The highest BCUT2D eigenvalue weighted by atomic mass is 16.5. The van der Waals surface area contributed by atoms with Crippen LogP contribution in [0, 0.1) is 11.3 Å². The smallest absolute Gasteiger partial charge is 0.144 e. The fourth-order valence-electron chi connectivity index (χ4n) is 3.39. The zero-order chi connectivity index (χ0) is 16.4. The lowest BCUT2D eigenvalue weighted by Gasteiger charge is -2.33. The predicted molar refractivity (Wildman–Crippen MR) is 88.4 cm³/mol. The third-order valence-corrected chi connectivity index (χ3v) is 4.68. The normalized spacial score (nSPS) is 22.4. The summed E-state index contributed by atoms with van der Waals surface area (Å²) in [5, 5.41) is 13.1.